The summed E-state index contributed by atoms with van der Waals surface area (Å²) in [6.45, 7) is 10.9. The van der Waals surface area contributed by atoms with Crippen molar-refractivity contribution in [1.29, 1.82) is 0 Å². The molecule has 0 unspecified atom stereocenters. The summed E-state index contributed by atoms with van der Waals surface area (Å²) in [5.41, 5.74) is -0.232. The van der Waals surface area contributed by atoms with Crippen LogP contribution >= 0.6 is 0 Å². The number of H-pyrrole nitrogens is 2. The van der Waals surface area contributed by atoms with Crippen LogP contribution in [0.3, 0.4) is 0 Å². The lowest BCUT2D eigenvalue weighted by Gasteiger charge is -2.18. The molecule has 0 saturated carbocycles. The number of alkyl halides is 12. The van der Waals surface area contributed by atoms with E-state index in [0.717, 1.165) is 11.6 Å². The van der Waals surface area contributed by atoms with Gasteiger partial charge < -0.3 is 19.4 Å². The van der Waals surface area contributed by atoms with Crippen LogP contribution in [-0.4, -0.2) is 46.1 Å². The fourth-order valence-electron chi connectivity index (χ4n) is 10.2. The number of rotatable bonds is 11. The van der Waals surface area contributed by atoms with E-state index in [2.05, 4.69) is 9.97 Å². The quantitative estimate of drug-likeness (QED) is 0.0988. The van der Waals surface area contributed by atoms with Gasteiger partial charge in [0.15, 0.2) is 0 Å². The van der Waals surface area contributed by atoms with Crippen molar-refractivity contribution in [2.24, 2.45) is 0 Å². The van der Waals surface area contributed by atoms with Crippen LogP contribution < -0.4 is 0 Å². The van der Waals surface area contributed by atoms with Gasteiger partial charge >= 0.3 is 36.6 Å². The highest BCUT2D eigenvalue weighted by atomic mass is 19.4. The summed E-state index contributed by atoms with van der Waals surface area (Å²) in [5.74, 6) is -0.948. The molecule has 20 heteroatoms. The highest BCUT2D eigenvalue weighted by molar-refractivity contribution is 6.02. The van der Waals surface area contributed by atoms with Crippen LogP contribution in [0.4, 0.5) is 52.7 Å². The summed E-state index contributed by atoms with van der Waals surface area (Å²) in [7, 11) is 2.54. The lowest BCUT2D eigenvalue weighted by molar-refractivity contribution is -0.144. The Morgan fingerprint density at radius 3 is 1.37 bits per heavy atom. The van der Waals surface area contributed by atoms with Crippen molar-refractivity contribution in [2.45, 2.75) is 105 Å². The number of hydrogen-bond donors (Lipinski definition) is 2. The standard InChI is InChI=1S/C58H50F12N4O4/c1-9-40-29(5)53-52(35-16-31(33-18-36(55(59,60)61)22-37(19-33)56(62,63)64)15-32(17-35)34-20-38(57(65,66)67)23-39(21-34)58(68,69)70)54-30(6)41(10-2)47(74-54)25-45-28(4)43(12-14-51(76)78-8)49(72-45)26-48-42(11-13-50(75)77-7)27(3)44(71-48)24-46(40)73-53/h15-26,71,74H,9-14H2,1-8H3. The number of aromatic nitrogens is 4. The third-order valence-corrected chi connectivity index (χ3v) is 14.3. The number of ether oxygens (including phenoxy) is 2. The third kappa shape index (κ3) is 11.2. The number of aromatic amines is 2. The lowest BCUT2D eigenvalue weighted by atomic mass is 9.89. The van der Waals surface area contributed by atoms with Crippen molar-refractivity contribution in [1.82, 2.24) is 19.9 Å². The van der Waals surface area contributed by atoms with Crippen LogP contribution in [0.2, 0.25) is 0 Å². The Balaban J connectivity index is 1.59. The summed E-state index contributed by atoms with van der Waals surface area (Å²) in [6, 6.07) is 10.3. The number of hydrogen-bond acceptors (Lipinski definition) is 6. The number of nitrogens with zero attached hydrogens (tertiary/aromatic N) is 2. The van der Waals surface area contributed by atoms with Crippen LogP contribution in [0.25, 0.3) is 77.7 Å². The van der Waals surface area contributed by atoms with Gasteiger partial charge in [-0.3, -0.25) is 9.59 Å². The zero-order chi connectivity index (χ0) is 57.1. The number of esters is 2. The summed E-state index contributed by atoms with van der Waals surface area (Å²) in [4.78, 5) is 42.3. The SMILES string of the molecule is CCC1=C(C)c2nc1cc1[nH]c(cc3nc(cc4[nH]c(c(C)c4CC)c2-c2cc(-c4cc(C(F)(F)F)cc(C(F)(F)F)c4)cc(-c4cc(C(F)(F)F)cc(C(F)(F)F)c4)c2)C(C)=C3CCC(=O)OC)c(CCC(=O)OC)c1C. The molecule has 5 heterocycles. The molecule has 0 fully saturated rings. The Morgan fingerprint density at radius 2 is 0.897 bits per heavy atom. The van der Waals surface area contributed by atoms with E-state index in [-0.39, 0.29) is 54.6 Å². The molecule has 0 amide bonds. The first-order valence-electron chi connectivity index (χ1n) is 24.5. The molecule has 8 rings (SSSR count). The topological polar surface area (TPSA) is 110 Å². The van der Waals surface area contributed by atoms with Crippen molar-refractivity contribution >= 4 is 56.3 Å². The molecule has 2 aliphatic heterocycles. The average molecular weight is 1100 g/mol. The number of halogens is 12. The predicted octanol–water partition coefficient (Wildman–Crippen LogP) is 16.9. The normalized spacial score (nSPS) is 13.4. The third-order valence-electron chi connectivity index (χ3n) is 14.3. The molecular weight excluding hydrogens is 1040 g/mol. The van der Waals surface area contributed by atoms with Crippen molar-refractivity contribution in [3.63, 3.8) is 0 Å². The maximum Gasteiger partial charge on any atom is 0.416 e. The minimum absolute atomic E-state index is 0.00124. The number of methoxy groups -OCH3 is 2. The maximum atomic E-state index is 14.5. The number of benzene rings is 3. The summed E-state index contributed by atoms with van der Waals surface area (Å²) >= 11 is 0. The van der Waals surface area contributed by atoms with Gasteiger partial charge in [-0.25, -0.2) is 9.97 Å². The minimum atomic E-state index is -5.34. The molecule has 8 bridgehead atoms. The molecule has 6 aromatic rings. The molecule has 0 radical (unpaired) electrons. The molecular formula is C58H50F12N4O4. The lowest BCUT2D eigenvalue weighted by Crippen LogP contribution is -2.11. The fraction of sp³-hybridized carbons (Fsp3) is 0.310. The Morgan fingerprint density at radius 1 is 0.462 bits per heavy atom. The fourth-order valence-corrected chi connectivity index (χ4v) is 10.2. The van der Waals surface area contributed by atoms with Gasteiger partial charge in [0, 0.05) is 35.0 Å². The Bertz CT molecular complexity index is 3510. The number of nitrogens with one attached hydrogen (secondary N) is 2. The predicted molar refractivity (Wildman–Crippen MR) is 273 cm³/mol. The summed E-state index contributed by atoms with van der Waals surface area (Å²) < 4.78 is 184. The summed E-state index contributed by atoms with van der Waals surface area (Å²) in [5, 5.41) is 0. The molecule has 0 aliphatic carbocycles. The largest absolute Gasteiger partial charge is 0.469 e. The van der Waals surface area contributed by atoms with E-state index in [1.807, 2.05) is 33.8 Å². The van der Waals surface area contributed by atoms with Crippen LogP contribution in [0.15, 0.2) is 72.8 Å². The van der Waals surface area contributed by atoms with E-state index in [4.69, 9.17) is 19.4 Å². The van der Waals surface area contributed by atoms with Crippen molar-refractivity contribution in [2.75, 3.05) is 14.2 Å². The monoisotopic (exact) mass is 1090 g/mol. The van der Waals surface area contributed by atoms with Gasteiger partial charge in [0.05, 0.1) is 64.8 Å². The first-order chi connectivity index (χ1) is 36.4. The highest BCUT2D eigenvalue weighted by Crippen LogP contribution is 2.47. The highest BCUT2D eigenvalue weighted by Gasteiger charge is 2.39. The molecule has 3 aromatic heterocycles. The van der Waals surface area contributed by atoms with Crippen molar-refractivity contribution in [3.8, 4) is 33.4 Å². The molecule has 410 valence electrons. The smallest absolute Gasteiger partial charge is 0.416 e. The molecule has 8 nitrogen and oxygen atoms in total. The minimum Gasteiger partial charge on any atom is -0.469 e. The molecule has 0 atom stereocenters. The molecule has 2 aliphatic rings. The van der Waals surface area contributed by atoms with Crippen LogP contribution in [0, 0.1) is 13.8 Å². The van der Waals surface area contributed by atoms with Gasteiger partial charge in [0.25, 0.3) is 0 Å². The van der Waals surface area contributed by atoms with E-state index < -0.39 is 81.2 Å². The van der Waals surface area contributed by atoms with E-state index >= 15 is 0 Å². The van der Waals surface area contributed by atoms with Crippen molar-refractivity contribution in [3.05, 3.63) is 140 Å². The number of carbonyl (C=O) groups is 2. The second-order valence-corrected chi connectivity index (χ2v) is 19.1. The zero-order valence-electron chi connectivity index (χ0n) is 43.2. The second kappa shape index (κ2) is 21.0. The first kappa shape index (κ1) is 56.6. The second-order valence-electron chi connectivity index (χ2n) is 19.1. The average Bonchev–Trinajstić information content (AvgIpc) is 4.14. The Hall–Kier alpha value is -7.64. The number of fused-ring (bicyclic) bond motifs is 8. The van der Waals surface area contributed by atoms with Gasteiger partial charge in [-0.05, 0) is 199 Å². The number of carbonyl (C=O) groups excluding carboxylic acids is 2. The first-order valence-corrected chi connectivity index (χ1v) is 24.5. The van der Waals surface area contributed by atoms with E-state index in [1.54, 1.807) is 26.0 Å². The molecule has 2 N–H and O–H groups in total. The van der Waals surface area contributed by atoms with Crippen molar-refractivity contribution < 1.29 is 71.7 Å². The number of aryl methyl sites for hydroxylation is 4. The Labute approximate surface area is 439 Å². The zero-order valence-corrected chi connectivity index (χ0v) is 43.2. The van der Waals surface area contributed by atoms with Gasteiger partial charge in [0.2, 0.25) is 0 Å². The van der Waals surface area contributed by atoms with E-state index in [1.165, 1.54) is 26.4 Å². The van der Waals surface area contributed by atoms with Gasteiger partial charge in [0.1, 0.15) is 0 Å². The number of allylic oxidation sites excluding steroid dienone is 4. The maximum absolute atomic E-state index is 14.5. The van der Waals surface area contributed by atoms with Crippen LogP contribution in [0.5, 0.6) is 0 Å². The molecule has 0 saturated heterocycles. The van der Waals surface area contributed by atoms with E-state index in [0.29, 0.717) is 115 Å². The molecule has 3 aromatic carbocycles. The van der Waals surface area contributed by atoms with Gasteiger partial charge in [-0.2, -0.15) is 52.7 Å². The molecule has 0 spiro atoms. The Kier molecular flexibility index (Phi) is 15.2. The molecule has 78 heavy (non-hydrogen) atoms. The van der Waals surface area contributed by atoms with Crippen LogP contribution in [0.1, 0.15) is 121 Å². The van der Waals surface area contributed by atoms with Crippen LogP contribution in [-0.2, 0) is 56.6 Å². The van der Waals surface area contributed by atoms with Gasteiger partial charge in [-0.15, -0.1) is 0 Å². The van der Waals surface area contributed by atoms with E-state index in [9.17, 15) is 62.3 Å². The summed E-state index contributed by atoms with van der Waals surface area (Å²) in [6.07, 6.45) is -20.2. The van der Waals surface area contributed by atoms with Gasteiger partial charge in [-0.1, -0.05) is 13.8 Å².